The van der Waals surface area contributed by atoms with Gasteiger partial charge in [-0.1, -0.05) is 13.3 Å². The largest absolute Gasteiger partial charge is 0.479 e. The minimum atomic E-state index is -1.02. The van der Waals surface area contributed by atoms with Crippen molar-refractivity contribution in [2.75, 3.05) is 19.7 Å². The van der Waals surface area contributed by atoms with Gasteiger partial charge in [0.15, 0.2) is 6.10 Å². The number of carboxylic acids is 1. The summed E-state index contributed by atoms with van der Waals surface area (Å²) in [7, 11) is 0. The molecular formula is C14H21N3O4. The van der Waals surface area contributed by atoms with Crippen molar-refractivity contribution in [3.8, 4) is 0 Å². The number of aliphatic carboxylic acids is 1. The van der Waals surface area contributed by atoms with Gasteiger partial charge in [0.2, 0.25) is 5.91 Å². The second-order valence-corrected chi connectivity index (χ2v) is 5.19. The van der Waals surface area contributed by atoms with Gasteiger partial charge in [0.05, 0.1) is 19.5 Å². The van der Waals surface area contributed by atoms with Gasteiger partial charge in [-0.25, -0.2) is 9.78 Å². The average Bonchev–Trinajstić information content (AvgIpc) is 3.01. The molecule has 116 valence electrons. The average molecular weight is 295 g/mol. The van der Waals surface area contributed by atoms with Crippen molar-refractivity contribution in [2.45, 2.75) is 38.3 Å². The van der Waals surface area contributed by atoms with E-state index in [1.54, 1.807) is 17.4 Å². The lowest BCUT2D eigenvalue weighted by molar-refractivity contribution is -0.159. The van der Waals surface area contributed by atoms with E-state index in [9.17, 15) is 9.59 Å². The van der Waals surface area contributed by atoms with E-state index in [1.165, 1.54) is 0 Å². The zero-order valence-corrected chi connectivity index (χ0v) is 12.1. The summed E-state index contributed by atoms with van der Waals surface area (Å²) in [6.07, 6.45) is 6.56. The van der Waals surface area contributed by atoms with Gasteiger partial charge in [-0.15, -0.1) is 0 Å². The van der Waals surface area contributed by atoms with Crippen LogP contribution in [0.4, 0.5) is 0 Å². The van der Waals surface area contributed by atoms with Gasteiger partial charge in [-0.05, 0) is 6.42 Å². The van der Waals surface area contributed by atoms with Crippen molar-refractivity contribution in [3.63, 3.8) is 0 Å². The molecule has 7 heteroatoms. The minimum Gasteiger partial charge on any atom is -0.479 e. The minimum absolute atomic E-state index is 0.0308. The molecule has 1 N–H and O–H groups in total. The molecule has 1 aliphatic heterocycles. The Morgan fingerprint density at radius 1 is 1.52 bits per heavy atom. The fourth-order valence-corrected chi connectivity index (χ4v) is 2.53. The lowest BCUT2D eigenvalue weighted by Gasteiger charge is -2.32. The molecular weight excluding hydrogens is 274 g/mol. The highest BCUT2D eigenvalue weighted by Gasteiger charge is 2.29. The molecule has 0 bridgehead atoms. The molecule has 0 saturated carbocycles. The second kappa shape index (κ2) is 7.21. The van der Waals surface area contributed by atoms with E-state index in [0.29, 0.717) is 13.0 Å². The van der Waals surface area contributed by atoms with Crippen LogP contribution in [0, 0.1) is 0 Å². The van der Waals surface area contributed by atoms with Crippen molar-refractivity contribution >= 4 is 11.9 Å². The first kappa shape index (κ1) is 15.5. The maximum atomic E-state index is 12.4. The van der Waals surface area contributed by atoms with Gasteiger partial charge in [0.25, 0.3) is 0 Å². The van der Waals surface area contributed by atoms with Crippen molar-refractivity contribution in [2.24, 2.45) is 0 Å². The third kappa shape index (κ3) is 4.04. The van der Waals surface area contributed by atoms with Crippen LogP contribution in [-0.4, -0.2) is 57.2 Å². The van der Waals surface area contributed by atoms with Gasteiger partial charge in [0.1, 0.15) is 0 Å². The molecule has 1 fully saturated rings. The number of ether oxygens (including phenoxy) is 1. The number of hydrogen-bond donors (Lipinski definition) is 1. The lowest BCUT2D eigenvalue weighted by atomic mass is 10.1. The van der Waals surface area contributed by atoms with Gasteiger partial charge in [-0.3, -0.25) is 4.79 Å². The Labute approximate surface area is 123 Å². The maximum absolute atomic E-state index is 12.4. The summed E-state index contributed by atoms with van der Waals surface area (Å²) >= 11 is 0. The molecule has 1 aromatic rings. The number of morpholine rings is 1. The van der Waals surface area contributed by atoms with Crippen molar-refractivity contribution in [1.29, 1.82) is 0 Å². The SMILES string of the molecule is CCCC(CC(=O)N1CCOC(C(=O)O)C1)n1ccnc1. The zero-order valence-electron chi connectivity index (χ0n) is 12.1. The van der Waals surface area contributed by atoms with E-state index in [-0.39, 0.29) is 25.1 Å². The molecule has 1 amide bonds. The number of amides is 1. The van der Waals surface area contributed by atoms with Crippen LogP contribution in [0.15, 0.2) is 18.7 Å². The fraction of sp³-hybridized carbons (Fsp3) is 0.643. The summed E-state index contributed by atoms with van der Waals surface area (Å²) in [6, 6.07) is 0.0659. The molecule has 0 aromatic carbocycles. The number of imidazole rings is 1. The summed E-state index contributed by atoms with van der Waals surface area (Å²) in [5, 5.41) is 8.98. The van der Waals surface area contributed by atoms with E-state index in [0.717, 1.165) is 12.8 Å². The van der Waals surface area contributed by atoms with Crippen LogP contribution in [-0.2, 0) is 14.3 Å². The van der Waals surface area contributed by atoms with Gasteiger partial charge < -0.3 is 19.3 Å². The van der Waals surface area contributed by atoms with E-state index >= 15 is 0 Å². The maximum Gasteiger partial charge on any atom is 0.334 e. The Balaban J connectivity index is 1.97. The van der Waals surface area contributed by atoms with Crippen molar-refractivity contribution in [3.05, 3.63) is 18.7 Å². The Morgan fingerprint density at radius 3 is 2.95 bits per heavy atom. The Morgan fingerprint density at radius 2 is 2.33 bits per heavy atom. The number of rotatable bonds is 6. The molecule has 21 heavy (non-hydrogen) atoms. The number of carboxylic acid groups (broad SMARTS) is 1. The number of carbonyl (C=O) groups is 2. The Bertz CT molecular complexity index is 475. The number of carbonyl (C=O) groups excluding carboxylic acids is 1. The van der Waals surface area contributed by atoms with Crippen LogP contribution in [0.1, 0.15) is 32.2 Å². The normalized spacial score (nSPS) is 20.2. The number of nitrogens with zero attached hydrogens (tertiary/aromatic N) is 3. The summed E-state index contributed by atoms with van der Waals surface area (Å²) in [5.74, 6) is -1.05. The smallest absolute Gasteiger partial charge is 0.334 e. The predicted octanol–water partition coefficient (Wildman–Crippen LogP) is 0.926. The molecule has 0 aliphatic carbocycles. The quantitative estimate of drug-likeness (QED) is 0.844. The molecule has 7 nitrogen and oxygen atoms in total. The van der Waals surface area contributed by atoms with Crippen molar-refractivity contribution < 1.29 is 19.4 Å². The second-order valence-electron chi connectivity index (χ2n) is 5.19. The first-order valence-corrected chi connectivity index (χ1v) is 7.21. The van der Waals surface area contributed by atoms with E-state index in [1.807, 2.05) is 10.8 Å². The molecule has 0 spiro atoms. The van der Waals surface area contributed by atoms with Crippen LogP contribution in [0.2, 0.25) is 0 Å². The first-order chi connectivity index (χ1) is 10.1. The lowest BCUT2D eigenvalue weighted by Crippen LogP contribution is -2.48. The third-order valence-electron chi connectivity index (χ3n) is 3.67. The molecule has 2 heterocycles. The van der Waals surface area contributed by atoms with Gasteiger partial charge in [-0.2, -0.15) is 0 Å². The first-order valence-electron chi connectivity index (χ1n) is 7.21. The van der Waals surface area contributed by atoms with Crippen molar-refractivity contribution in [1.82, 2.24) is 14.5 Å². The van der Waals surface area contributed by atoms with Crippen LogP contribution in [0.5, 0.6) is 0 Å². The fourth-order valence-electron chi connectivity index (χ4n) is 2.53. The standard InChI is InChI=1S/C14H21N3O4/c1-2-3-11(17-5-4-15-10-17)8-13(18)16-6-7-21-12(9-16)14(19)20/h4-5,10-12H,2-3,6-9H2,1H3,(H,19,20). The number of aromatic nitrogens is 2. The summed E-state index contributed by atoms with van der Waals surface area (Å²) in [6.45, 7) is 2.91. The van der Waals surface area contributed by atoms with Crippen LogP contribution in [0.25, 0.3) is 0 Å². The Hall–Kier alpha value is -1.89. The van der Waals surface area contributed by atoms with E-state index < -0.39 is 12.1 Å². The highest BCUT2D eigenvalue weighted by molar-refractivity contribution is 5.79. The molecule has 2 atom stereocenters. The number of hydrogen-bond acceptors (Lipinski definition) is 4. The molecule has 1 aromatic heterocycles. The molecule has 1 saturated heterocycles. The highest BCUT2D eigenvalue weighted by atomic mass is 16.5. The van der Waals surface area contributed by atoms with E-state index in [4.69, 9.17) is 9.84 Å². The monoisotopic (exact) mass is 295 g/mol. The zero-order chi connectivity index (χ0) is 15.2. The van der Waals surface area contributed by atoms with Gasteiger partial charge >= 0.3 is 5.97 Å². The van der Waals surface area contributed by atoms with Crippen LogP contribution in [0.3, 0.4) is 0 Å². The van der Waals surface area contributed by atoms with Gasteiger partial charge in [0, 0.05) is 31.4 Å². The third-order valence-corrected chi connectivity index (χ3v) is 3.67. The van der Waals surface area contributed by atoms with Crippen LogP contribution >= 0.6 is 0 Å². The molecule has 0 radical (unpaired) electrons. The van der Waals surface area contributed by atoms with E-state index in [2.05, 4.69) is 11.9 Å². The molecule has 1 aliphatic rings. The predicted molar refractivity (Wildman–Crippen MR) is 74.7 cm³/mol. The summed E-state index contributed by atoms with van der Waals surface area (Å²) < 4.78 is 7.08. The summed E-state index contributed by atoms with van der Waals surface area (Å²) in [5.41, 5.74) is 0. The summed E-state index contributed by atoms with van der Waals surface area (Å²) in [4.78, 5) is 29.0. The molecule has 2 unspecified atom stereocenters. The Kier molecular flexibility index (Phi) is 5.32. The molecule has 2 rings (SSSR count). The highest BCUT2D eigenvalue weighted by Crippen LogP contribution is 2.20. The van der Waals surface area contributed by atoms with Crippen LogP contribution < -0.4 is 0 Å². The topological polar surface area (TPSA) is 84.7 Å².